The molecule has 1 fully saturated rings. The Labute approximate surface area is 174 Å². The first kappa shape index (κ1) is 21.6. The lowest BCUT2D eigenvalue weighted by molar-refractivity contribution is 0.306. The number of aromatic amines is 1. The van der Waals surface area contributed by atoms with Crippen LogP contribution >= 0.6 is 0 Å². The van der Waals surface area contributed by atoms with Gasteiger partial charge >= 0.3 is 0 Å². The number of piperidine rings is 1. The van der Waals surface area contributed by atoms with E-state index in [-0.39, 0.29) is 11.8 Å². The number of sulfonamides is 1. The number of H-pyrrole nitrogens is 1. The molecule has 0 aliphatic carbocycles. The maximum Gasteiger partial charge on any atom is 0.213 e. The highest BCUT2D eigenvalue weighted by atomic mass is 32.2. The minimum Gasteiger partial charge on any atom is -0.361 e. The normalized spacial score (nSPS) is 17.0. The first-order chi connectivity index (χ1) is 14.0. The summed E-state index contributed by atoms with van der Waals surface area (Å²) >= 11 is 0. The Kier molecular flexibility index (Phi) is 7.55. The number of aromatic nitrogens is 1. The van der Waals surface area contributed by atoms with Gasteiger partial charge in [0.2, 0.25) is 10.0 Å². The molecule has 3 N–H and O–H groups in total. The first-order valence-electron chi connectivity index (χ1n) is 10.6. The molecule has 2 aromatic rings. The van der Waals surface area contributed by atoms with Crippen LogP contribution in [-0.4, -0.2) is 61.6 Å². The molecule has 1 aliphatic heterocycles. The van der Waals surface area contributed by atoms with Crippen LogP contribution in [0.15, 0.2) is 35.5 Å². The van der Waals surface area contributed by atoms with E-state index in [4.69, 9.17) is 4.99 Å². The number of nitrogens with one attached hydrogen (secondary N) is 3. The molecule has 0 radical (unpaired) electrons. The van der Waals surface area contributed by atoms with Crippen LogP contribution in [0.3, 0.4) is 0 Å². The Hall–Kier alpha value is -2.06. The Balaban J connectivity index is 1.49. The number of rotatable bonds is 8. The topological polar surface area (TPSA) is 89.6 Å². The second-order valence-electron chi connectivity index (χ2n) is 7.44. The monoisotopic (exact) mass is 419 g/mol. The number of para-hydroxylation sites is 1. The van der Waals surface area contributed by atoms with Crippen LogP contribution in [0.5, 0.6) is 0 Å². The van der Waals surface area contributed by atoms with Gasteiger partial charge < -0.3 is 15.6 Å². The molecular formula is C21H33N5O2S. The highest BCUT2D eigenvalue weighted by Crippen LogP contribution is 2.19. The molecule has 0 atom stereocenters. The third-order valence-corrected chi connectivity index (χ3v) is 7.33. The van der Waals surface area contributed by atoms with Crippen molar-refractivity contribution in [1.29, 1.82) is 0 Å². The molecule has 29 heavy (non-hydrogen) atoms. The number of hydrogen-bond donors (Lipinski definition) is 3. The Morgan fingerprint density at radius 3 is 2.72 bits per heavy atom. The second kappa shape index (κ2) is 10.1. The summed E-state index contributed by atoms with van der Waals surface area (Å²) in [5.41, 5.74) is 2.51. The minimum atomic E-state index is -3.08. The molecule has 0 bridgehead atoms. The van der Waals surface area contributed by atoms with Gasteiger partial charge in [0.1, 0.15) is 0 Å². The molecule has 1 saturated heterocycles. The van der Waals surface area contributed by atoms with Crippen LogP contribution in [0.4, 0.5) is 0 Å². The molecule has 160 valence electrons. The lowest BCUT2D eigenvalue weighted by Crippen LogP contribution is -2.50. The van der Waals surface area contributed by atoms with Crippen molar-refractivity contribution in [2.75, 3.05) is 31.9 Å². The predicted octanol–water partition coefficient (Wildman–Crippen LogP) is 2.47. The number of nitrogens with zero attached hydrogens (tertiary/aromatic N) is 2. The number of guanidine groups is 1. The summed E-state index contributed by atoms with van der Waals surface area (Å²) in [6.45, 7) is 6.46. The van der Waals surface area contributed by atoms with Gasteiger partial charge in [-0.3, -0.25) is 4.99 Å². The summed E-state index contributed by atoms with van der Waals surface area (Å²) in [7, 11) is -3.08. The van der Waals surface area contributed by atoms with Crippen molar-refractivity contribution in [3.8, 4) is 0 Å². The van der Waals surface area contributed by atoms with Crippen molar-refractivity contribution in [3.63, 3.8) is 0 Å². The fraction of sp³-hybridized carbons (Fsp3) is 0.571. The van der Waals surface area contributed by atoms with E-state index in [0.717, 1.165) is 44.7 Å². The highest BCUT2D eigenvalue weighted by Gasteiger charge is 2.26. The Morgan fingerprint density at radius 2 is 2.00 bits per heavy atom. The standard InChI is InChI=1S/C21H33N5O2S/c1-3-22-21(25-18-11-14-26(15-12-18)29(27,28)4-2)23-13-7-8-17-16-24-20-10-6-5-9-19(17)20/h5-6,9-10,16,18,24H,3-4,7-8,11-15H2,1-2H3,(H2,22,23,25). The molecule has 8 heteroatoms. The number of aliphatic imine (C=N–C) groups is 1. The van der Waals surface area contributed by atoms with E-state index in [0.29, 0.717) is 13.1 Å². The summed E-state index contributed by atoms with van der Waals surface area (Å²) in [6.07, 6.45) is 5.67. The van der Waals surface area contributed by atoms with Crippen molar-refractivity contribution in [2.45, 2.75) is 45.6 Å². The van der Waals surface area contributed by atoms with E-state index in [9.17, 15) is 8.42 Å². The van der Waals surface area contributed by atoms with Crippen molar-refractivity contribution in [3.05, 3.63) is 36.0 Å². The number of aryl methyl sites for hydroxylation is 1. The van der Waals surface area contributed by atoms with Gasteiger partial charge in [-0.25, -0.2) is 12.7 Å². The van der Waals surface area contributed by atoms with Crippen molar-refractivity contribution in [2.24, 2.45) is 4.99 Å². The van der Waals surface area contributed by atoms with E-state index < -0.39 is 10.0 Å². The Morgan fingerprint density at radius 1 is 1.24 bits per heavy atom. The third kappa shape index (κ3) is 5.73. The average Bonchev–Trinajstić information content (AvgIpc) is 3.15. The van der Waals surface area contributed by atoms with Crippen LogP contribution in [0.1, 0.15) is 38.7 Å². The average molecular weight is 420 g/mol. The fourth-order valence-corrected chi connectivity index (χ4v) is 4.91. The first-order valence-corrected chi connectivity index (χ1v) is 12.2. The van der Waals surface area contributed by atoms with Gasteiger partial charge in [0, 0.05) is 49.3 Å². The largest absolute Gasteiger partial charge is 0.361 e. The van der Waals surface area contributed by atoms with Gasteiger partial charge in [-0.15, -0.1) is 0 Å². The molecule has 0 amide bonds. The van der Waals surface area contributed by atoms with Crippen LogP contribution in [0, 0.1) is 0 Å². The van der Waals surface area contributed by atoms with E-state index in [1.807, 2.05) is 6.07 Å². The summed E-state index contributed by atoms with van der Waals surface area (Å²) in [5, 5.41) is 8.08. The van der Waals surface area contributed by atoms with Crippen molar-refractivity contribution < 1.29 is 8.42 Å². The van der Waals surface area contributed by atoms with Crippen LogP contribution in [-0.2, 0) is 16.4 Å². The summed E-state index contributed by atoms with van der Waals surface area (Å²) < 4.78 is 25.6. The molecule has 1 aromatic carbocycles. The van der Waals surface area contributed by atoms with E-state index >= 15 is 0 Å². The zero-order chi connectivity index (χ0) is 20.7. The number of hydrogen-bond acceptors (Lipinski definition) is 3. The lowest BCUT2D eigenvalue weighted by atomic mass is 10.1. The van der Waals surface area contributed by atoms with Crippen LogP contribution < -0.4 is 10.6 Å². The predicted molar refractivity (Wildman–Crippen MR) is 120 cm³/mol. The summed E-state index contributed by atoms with van der Waals surface area (Å²) in [4.78, 5) is 8.05. The number of fused-ring (bicyclic) bond motifs is 1. The molecule has 1 aliphatic rings. The quantitative estimate of drug-likeness (QED) is 0.348. The van der Waals surface area contributed by atoms with Gasteiger partial charge in [0.15, 0.2) is 5.96 Å². The molecule has 0 spiro atoms. The molecule has 0 unspecified atom stereocenters. The molecule has 3 rings (SSSR count). The van der Waals surface area contributed by atoms with Gasteiger partial charge in [0.25, 0.3) is 0 Å². The zero-order valence-corrected chi connectivity index (χ0v) is 18.3. The summed E-state index contributed by atoms with van der Waals surface area (Å²) in [5.74, 6) is 0.995. The van der Waals surface area contributed by atoms with E-state index in [1.54, 1.807) is 11.2 Å². The van der Waals surface area contributed by atoms with Gasteiger partial charge in [0.05, 0.1) is 5.75 Å². The molecule has 1 aromatic heterocycles. The van der Waals surface area contributed by atoms with E-state index in [2.05, 4.69) is 46.9 Å². The third-order valence-electron chi connectivity index (χ3n) is 5.45. The van der Waals surface area contributed by atoms with Crippen LogP contribution in [0.2, 0.25) is 0 Å². The van der Waals surface area contributed by atoms with Crippen molar-refractivity contribution >= 4 is 26.9 Å². The SMILES string of the molecule is CCNC(=NCCCc1c[nH]c2ccccc12)NC1CCN(S(=O)(=O)CC)CC1. The van der Waals surface area contributed by atoms with Gasteiger partial charge in [-0.1, -0.05) is 18.2 Å². The second-order valence-corrected chi connectivity index (χ2v) is 9.70. The summed E-state index contributed by atoms with van der Waals surface area (Å²) in [6, 6.07) is 8.62. The van der Waals surface area contributed by atoms with Crippen molar-refractivity contribution in [1.82, 2.24) is 19.9 Å². The molecule has 7 nitrogen and oxygen atoms in total. The maximum absolute atomic E-state index is 12.0. The molecule has 0 saturated carbocycles. The fourth-order valence-electron chi connectivity index (χ4n) is 3.77. The van der Waals surface area contributed by atoms with E-state index in [1.165, 1.54) is 16.5 Å². The Bertz CT molecular complexity index is 914. The molecular weight excluding hydrogens is 386 g/mol. The zero-order valence-electron chi connectivity index (χ0n) is 17.4. The smallest absolute Gasteiger partial charge is 0.213 e. The molecule has 2 heterocycles. The van der Waals surface area contributed by atoms with Gasteiger partial charge in [-0.2, -0.15) is 0 Å². The van der Waals surface area contributed by atoms with Crippen LogP contribution in [0.25, 0.3) is 10.9 Å². The maximum atomic E-state index is 12.0. The number of benzene rings is 1. The lowest BCUT2D eigenvalue weighted by Gasteiger charge is -2.32. The minimum absolute atomic E-state index is 0.172. The highest BCUT2D eigenvalue weighted by molar-refractivity contribution is 7.89. The van der Waals surface area contributed by atoms with Gasteiger partial charge in [-0.05, 0) is 51.2 Å².